The molecular formula is C17H27N. The molecular weight excluding hydrogens is 218 g/mol. The van der Waals surface area contributed by atoms with Crippen LogP contribution in [0.15, 0.2) is 24.3 Å². The van der Waals surface area contributed by atoms with Crippen molar-refractivity contribution in [3.63, 3.8) is 0 Å². The molecule has 0 aliphatic heterocycles. The van der Waals surface area contributed by atoms with E-state index in [0.29, 0.717) is 17.4 Å². The Morgan fingerprint density at radius 3 is 2.17 bits per heavy atom. The van der Waals surface area contributed by atoms with Gasteiger partial charge in [-0.15, -0.1) is 0 Å². The number of hydrogen-bond donors (Lipinski definition) is 1. The lowest BCUT2D eigenvalue weighted by Crippen LogP contribution is -2.31. The molecule has 1 nitrogen and oxygen atoms in total. The Kier molecular flexibility index (Phi) is 3.82. The Bertz CT molecular complexity index is 389. The Morgan fingerprint density at radius 2 is 1.78 bits per heavy atom. The predicted molar refractivity (Wildman–Crippen MR) is 79.0 cm³/mol. The molecule has 1 aliphatic rings. The van der Waals surface area contributed by atoms with Gasteiger partial charge in [0.2, 0.25) is 0 Å². The zero-order valence-electron chi connectivity index (χ0n) is 12.5. The smallest absolute Gasteiger partial charge is 0.0138 e. The Balaban J connectivity index is 2.00. The summed E-state index contributed by atoms with van der Waals surface area (Å²) >= 11 is 0. The molecule has 100 valence electrons. The van der Waals surface area contributed by atoms with E-state index in [9.17, 15) is 0 Å². The van der Waals surface area contributed by atoms with Gasteiger partial charge in [0.15, 0.2) is 0 Å². The molecule has 0 bridgehead atoms. The second-order valence-electron chi connectivity index (χ2n) is 6.79. The van der Waals surface area contributed by atoms with Crippen molar-refractivity contribution in [2.45, 2.75) is 52.5 Å². The summed E-state index contributed by atoms with van der Waals surface area (Å²) in [5.74, 6) is 1.47. The van der Waals surface area contributed by atoms with Crippen molar-refractivity contribution in [3.05, 3.63) is 35.4 Å². The third-order valence-corrected chi connectivity index (χ3v) is 4.55. The first kappa shape index (κ1) is 13.6. The molecule has 0 spiro atoms. The van der Waals surface area contributed by atoms with E-state index in [-0.39, 0.29) is 0 Å². The molecule has 1 fully saturated rings. The minimum atomic E-state index is 0.547. The minimum Gasteiger partial charge on any atom is -0.316 e. The average molecular weight is 245 g/mol. The van der Waals surface area contributed by atoms with E-state index in [0.717, 1.165) is 12.3 Å². The lowest BCUT2D eigenvalue weighted by atomic mass is 9.95. The van der Waals surface area contributed by atoms with Crippen LogP contribution in [0.1, 0.15) is 51.2 Å². The van der Waals surface area contributed by atoms with E-state index in [2.05, 4.69) is 64.3 Å². The molecule has 0 heterocycles. The Hall–Kier alpha value is -0.820. The van der Waals surface area contributed by atoms with Gasteiger partial charge in [-0.25, -0.2) is 0 Å². The molecule has 1 aliphatic carbocycles. The van der Waals surface area contributed by atoms with Gasteiger partial charge in [0.05, 0.1) is 0 Å². The van der Waals surface area contributed by atoms with E-state index in [4.69, 9.17) is 0 Å². The summed E-state index contributed by atoms with van der Waals surface area (Å²) in [6, 6.07) is 9.80. The molecule has 0 aromatic heterocycles. The third-order valence-electron chi connectivity index (χ3n) is 4.55. The molecule has 2 unspecified atom stereocenters. The topological polar surface area (TPSA) is 12.0 Å². The van der Waals surface area contributed by atoms with Crippen LogP contribution in [0, 0.1) is 11.3 Å². The van der Waals surface area contributed by atoms with Crippen molar-refractivity contribution < 1.29 is 0 Å². The van der Waals surface area contributed by atoms with Crippen LogP contribution >= 0.6 is 0 Å². The fourth-order valence-corrected chi connectivity index (χ4v) is 2.93. The first-order valence-electron chi connectivity index (χ1n) is 7.20. The van der Waals surface area contributed by atoms with Gasteiger partial charge in [0.1, 0.15) is 0 Å². The fourth-order valence-electron chi connectivity index (χ4n) is 2.93. The number of hydrogen-bond acceptors (Lipinski definition) is 1. The molecule has 2 rings (SSSR count). The van der Waals surface area contributed by atoms with Gasteiger partial charge in [0.25, 0.3) is 0 Å². The zero-order valence-corrected chi connectivity index (χ0v) is 12.5. The van der Waals surface area contributed by atoms with Crippen LogP contribution in [0.5, 0.6) is 0 Å². The summed E-state index contributed by atoms with van der Waals surface area (Å²) in [4.78, 5) is 0. The molecule has 2 atom stereocenters. The number of likely N-dealkylation sites (N-methyl/N-ethyl adjacent to an activating group) is 1. The molecule has 18 heavy (non-hydrogen) atoms. The molecule has 1 aromatic rings. The molecule has 1 aromatic carbocycles. The molecule has 0 saturated heterocycles. The largest absolute Gasteiger partial charge is 0.316 e. The quantitative estimate of drug-likeness (QED) is 0.827. The summed E-state index contributed by atoms with van der Waals surface area (Å²) in [6.45, 7) is 9.25. The van der Waals surface area contributed by atoms with E-state index in [1.807, 2.05) is 0 Å². The van der Waals surface area contributed by atoms with Gasteiger partial charge >= 0.3 is 0 Å². The van der Waals surface area contributed by atoms with Gasteiger partial charge in [-0.2, -0.15) is 0 Å². The lowest BCUT2D eigenvalue weighted by Gasteiger charge is -2.18. The van der Waals surface area contributed by atoms with Crippen LogP contribution in [0.4, 0.5) is 0 Å². The van der Waals surface area contributed by atoms with E-state index in [1.165, 1.54) is 17.5 Å². The minimum absolute atomic E-state index is 0.547. The van der Waals surface area contributed by atoms with Gasteiger partial charge < -0.3 is 5.32 Å². The highest BCUT2D eigenvalue weighted by Gasteiger charge is 2.49. The maximum absolute atomic E-state index is 3.51. The lowest BCUT2D eigenvalue weighted by molar-refractivity contribution is 0.426. The highest BCUT2D eigenvalue weighted by molar-refractivity contribution is 5.25. The average Bonchev–Trinajstić information content (AvgIpc) is 2.95. The fraction of sp³-hybridized carbons (Fsp3) is 0.647. The summed E-state index contributed by atoms with van der Waals surface area (Å²) in [6.07, 6.45) is 2.52. The van der Waals surface area contributed by atoms with Crippen molar-refractivity contribution in [3.8, 4) is 0 Å². The molecule has 0 amide bonds. The highest BCUT2D eigenvalue weighted by Crippen LogP contribution is 2.53. The predicted octanol–water partition coefficient (Wildman–Crippen LogP) is 3.99. The van der Waals surface area contributed by atoms with Crippen molar-refractivity contribution in [2.75, 3.05) is 7.05 Å². The zero-order chi connectivity index (χ0) is 13.3. The van der Waals surface area contributed by atoms with Crippen molar-refractivity contribution in [1.82, 2.24) is 5.32 Å². The molecule has 0 radical (unpaired) electrons. The summed E-state index contributed by atoms with van der Waals surface area (Å²) in [5.41, 5.74) is 3.44. The number of rotatable bonds is 5. The van der Waals surface area contributed by atoms with Gasteiger partial charge in [0, 0.05) is 6.04 Å². The van der Waals surface area contributed by atoms with Crippen molar-refractivity contribution in [1.29, 1.82) is 0 Å². The summed E-state index contributed by atoms with van der Waals surface area (Å²) in [5, 5.41) is 3.51. The van der Waals surface area contributed by atoms with Crippen LogP contribution in [-0.4, -0.2) is 13.1 Å². The van der Waals surface area contributed by atoms with Crippen molar-refractivity contribution >= 4 is 0 Å². The van der Waals surface area contributed by atoms with Crippen LogP contribution in [-0.2, 0) is 6.42 Å². The van der Waals surface area contributed by atoms with Crippen LogP contribution in [0.2, 0.25) is 0 Å². The molecule has 1 saturated carbocycles. The van der Waals surface area contributed by atoms with Gasteiger partial charge in [-0.05, 0) is 48.3 Å². The molecule has 1 heteroatoms. The van der Waals surface area contributed by atoms with Crippen LogP contribution in [0.3, 0.4) is 0 Å². The summed E-state index contributed by atoms with van der Waals surface area (Å²) < 4.78 is 0. The molecule has 1 N–H and O–H groups in total. The number of benzene rings is 1. The second kappa shape index (κ2) is 5.05. The SMILES string of the molecule is CNC(Cc1ccc(C(C)C)cc1)C1CC1(C)C. The van der Waals surface area contributed by atoms with E-state index < -0.39 is 0 Å². The highest BCUT2D eigenvalue weighted by atomic mass is 14.9. The van der Waals surface area contributed by atoms with E-state index in [1.54, 1.807) is 0 Å². The number of nitrogens with one attached hydrogen (secondary N) is 1. The van der Waals surface area contributed by atoms with Gasteiger partial charge in [-0.3, -0.25) is 0 Å². The first-order valence-corrected chi connectivity index (χ1v) is 7.20. The second-order valence-corrected chi connectivity index (χ2v) is 6.79. The van der Waals surface area contributed by atoms with E-state index >= 15 is 0 Å². The monoisotopic (exact) mass is 245 g/mol. The Labute approximate surface area is 112 Å². The van der Waals surface area contributed by atoms with Crippen LogP contribution < -0.4 is 5.32 Å². The first-order chi connectivity index (χ1) is 8.44. The van der Waals surface area contributed by atoms with Crippen molar-refractivity contribution in [2.24, 2.45) is 11.3 Å². The van der Waals surface area contributed by atoms with Gasteiger partial charge in [-0.1, -0.05) is 52.0 Å². The van der Waals surface area contributed by atoms with Crippen LogP contribution in [0.25, 0.3) is 0 Å². The summed E-state index contributed by atoms with van der Waals surface area (Å²) in [7, 11) is 2.10. The standard InChI is InChI=1S/C17H27N/c1-12(2)14-8-6-13(7-9-14)10-16(18-5)15-11-17(15,3)4/h6-9,12,15-16,18H,10-11H2,1-5H3. The third kappa shape index (κ3) is 2.95. The maximum atomic E-state index is 3.51. The maximum Gasteiger partial charge on any atom is 0.0138 e. The normalized spacial score (nSPS) is 23.1. The Morgan fingerprint density at radius 1 is 1.22 bits per heavy atom.